The van der Waals surface area contributed by atoms with Crippen LogP contribution in [0.25, 0.3) is 0 Å². The molecule has 23 heavy (non-hydrogen) atoms. The third kappa shape index (κ3) is 6.30. The fourth-order valence-electron chi connectivity index (χ4n) is 2.94. The quantitative estimate of drug-likeness (QED) is 0.831. The fraction of sp³-hybridized carbons (Fsp3) is 0.632. The number of rotatable bonds is 5. The first-order valence-corrected chi connectivity index (χ1v) is 8.58. The van der Waals surface area contributed by atoms with Gasteiger partial charge in [-0.25, -0.2) is 4.39 Å². The van der Waals surface area contributed by atoms with E-state index in [9.17, 15) is 9.18 Å². The van der Waals surface area contributed by atoms with Crippen LogP contribution in [-0.4, -0.2) is 48.4 Å². The molecule has 2 rings (SSSR count). The molecule has 0 bridgehead atoms. The molecule has 1 aliphatic heterocycles. The summed E-state index contributed by atoms with van der Waals surface area (Å²) in [5.74, 6) is 0.105. The van der Waals surface area contributed by atoms with Gasteiger partial charge in [-0.3, -0.25) is 9.69 Å². The Bertz CT molecular complexity index is 499. The molecule has 1 aliphatic rings. The number of carbonyl (C=O) groups is 1. The minimum Gasteiger partial charge on any atom is -0.340 e. The van der Waals surface area contributed by atoms with Crippen molar-refractivity contribution < 1.29 is 9.18 Å². The van der Waals surface area contributed by atoms with Crippen molar-refractivity contribution in [1.29, 1.82) is 0 Å². The molecular formula is C19H29FN2O. The van der Waals surface area contributed by atoms with E-state index in [1.807, 2.05) is 17.0 Å². The lowest BCUT2D eigenvalue weighted by molar-refractivity contribution is -0.134. The van der Waals surface area contributed by atoms with Gasteiger partial charge in [0.2, 0.25) is 5.91 Å². The lowest BCUT2D eigenvalue weighted by Crippen LogP contribution is -2.49. The molecule has 0 radical (unpaired) electrons. The molecule has 4 heteroatoms. The maximum atomic E-state index is 12.9. The number of amides is 1. The van der Waals surface area contributed by atoms with Gasteiger partial charge in [0, 0.05) is 32.6 Å². The summed E-state index contributed by atoms with van der Waals surface area (Å²) in [6, 6.07) is 6.76. The van der Waals surface area contributed by atoms with Crippen molar-refractivity contribution in [2.45, 2.75) is 40.0 Å². The van der Waals surface area contributed by atoms with Crippen molar-refractivity contribution in [3.63, 3.8) is 0 Å². The van der Waals surface area contributed by atoms with Gasteiger partial charge >= 0.3 is 0 Å². The first-order valence-electron chi connectivity index (χ1n) is 8.58. The predicted molar refractivity (Wildman–Crippen MR) is 91.8 cm³/mol. The van der Waals surface area contributed by atoms with Crippen LogP contribution in [0.1, 0.15) is 39.2 Å². The van der Waals surface area contributed by atoms with E-state index in [2.05, 4.69) is 25.7 Å². The van der Waals surface area contributed by atoms with Gasteiger partial charge in [-0.2, -0.15) is 0 Å². The van der Waals surface area contributed by atoms with Crippen LogP contribution < -0.4 is 0 Å². The third-order valence-electron chi connectivity index (χ3n) is 4.26. The fourth-order valence-corrected chi connectivity index (χ4v) is 2.94. The SMILES string of the molecule is CC(C)(C)CC(=O)N1CCN(CCCc2ccc(F)cc2)CC1. The normalized spacial score (nSPS) is 16.6. The van der Waals surface area contributed by atoms with E-state index in [0.717, 1.165) is 45.6 Å². The molecule has 1 fully saturated rings. The average molecular weight is 320 g/mol. The van der Waals surface area contributed by atoms with Crippen molar-refractivity contribution in [3.05, 3.63) is 35.6 Å². The minimum atomic E-state index is -0.176. The van der Waals surface area contributed by atoms with Crippen LogP contribution in [-0.2, 0) is 11.2 Å². The Morgan fingerprint density at radius 3 is 2.26 bits per heavy atom. The largest absolute Gasteiger partial charge is 0.340 e. The van der Waals surface area contributed by atoms with Gasteiger partial charge in [0.15, 0.2) is 0 Å². The number of benzene rings is 1. The molecule has 1 heterocycles. The van der Waals surface area contributed by atoms with Gasteiger partial charge < -0.3 is 4.90 Å². The topological polar surface area (TPSA) is 23.6 Å². The number of carbonyl (C=O) groups excluding carboxylic acids is 1. The summed E-state index contributed by atoms with van der Waals surface area (Å²) < 4.78 is 12.9. The maximum absolute atomic E-state index is 12.9. The van der Waals surface area contributed by atoms with Crippen molar-refractivity contribution >= 4 is 5.91 Å². The Hall–Kier alpha value is -1.42. The zero-order valence-electron chi connectivity index (χ0n) is 14.6. The van der Waals surface area contributed by atoms with Crippen LogP contribution in [0, 0.1) is 11.2 Å². The highest BCUT2D eigenvalue weighted by Crippen LogP contribution is 2.20. The van der Waals surface area contributed by atoms with Gasteiger partial charge in [0.25, 0.3) is 0 Å². The molecule has 1 aromatic carbocycles. The summed E-state index contributed by atoms with van der Waals surface area (Å²) in [7, 11) is 0. The number of piperazine rings is 1. The highest BCUT2D eigenvalue weighted by atomic mass is 19.1. The van der Waals surface area contributed by atoms with Gasteiger partial charge in [0.05, 0.1) is 0 Å². The van der Waals surface area contributed by atoms with Gasteiger partial charge in [0.1, 0.15) is 5.82 Å². The molecule has 0 unspecified atom stereocenters. The number of nitrogens with zero attached hydrogens (tertiary/aromatic N) is 2. The zero-order valence-corrected chi connectivity index (χ0v) is 14.6. The molecule has 0 saturated carbocycles. The van der Waals surface area contributed by atoms with Crippen LogP contribution in [0.15, 0.2) is 24.3 Å². The van der Waals surface area contributed by atoms with Crippen molar-refractivity contribution in [2.75, 3.05) is 32.7 Å². The first-order chi connectivity index (χ1) is 10.8. The molecule has 0 spiro atoms. The lowest BCUT2D eigenvalue weighted by atomic mass is 9.91. The second kappa shape index (κ2) is 7.91. The van der Waals surface area contributed by atoms with Crippen LogP contribution in [0.3, 0.4) is 0 Å². The smallest absolute Gasteiger partial charge is 0.223 e. The van der Waals surface area contributed by atoms with Crippen LogP contribution in [0.2, 0.25) is 0 Å². The number of hydrogen-bond donors (Lipinski definition) is 0. The molecule has 0 N–H and O–H groups in total. The predicted octanol–water partition coefficient (Wildman–Crippen LogP) is 3.34. The summed E-state index contributed by atoms with van der Waals surface area (Å²) in [6.07, 6.45) is 2.67. The van der Waals surface area contributed by atoms with Crippen molar-refractivity contribution in [3.8, 4) is 0 Å². The molecule has 1 amide bonds. The molecule has 3 nitrogen and oxygen atoms in total. The second-order valence-electron chi connectivity index (χ2n) is 7.69. The Balaban J connectivity index is 1.66. The highest BCUT2D eigenvalue weighted by Gasteiger charge is 2.24. The molecule has 1 aromatic rings. The zero-order chi connectivity index (χ0) is 16.9. The molecule has 0 atom stereocenters. The van der Waals surface area contributed by atoms with E-state index in [1.165, 1.54) is 17.7 Å². The Morgan fingerprint density at radius 1 is 1.09 bits per heavy atom. The maximum Gasteiger partial charge on any atom is 0.223 e. The number of aryl methyl sites for hydroxylation is 1. The summed E-state index contributed by atoms with van der Waals surface area (Å²) in [6.45, 7) is 11.0. The third-order valence-corrected chi connectivity index (χ3v) is 4.26. The van der Waals surface area contributed by atoms with Gasteiger partial charge in [-0.1, -0.05) is 32.9 Å². The van der Waals surface area contributed by atoms with Crippen molar-refractivity contribution in [2.24, 2.45) is 5.41 Å². The monoisotopic (exact) mass is 320 g/mol. The first kappa shape index (κ1) is 17.9. The lowest BCUT2D eigenvalue weighted by Gasteiger charge is -2.36. The average Bonchev–Trinajstić information content (AvgIpc) is 2.48. The molecule has 128 valence electrons. The van der Waals surface area contributed by atoms with Crippen LogP contribution >= 0.6 is 0 Å². The van der Waals surface area contributed by atoms with E-state index in [-0.39, 0.29) is 17.1 Å². The van der Waals surface area contributed by atoms with E-state index in [1.54, 1.807) is 0 Å². The summed E-state index contributed by atoms with van der Waals surface area (Å²) in [5.41, 5.74) is 1.24. The molecule has 0 aromatic heterocycles. The van der Waals surface area contributed by atoms with Gasteiger partial charge in [-0.15, -0.1) is 0 Å². The Kier molecular flexibility index (Phi) is 6.17. The van der Waals surface area contributed by atoms with E-state index >= 15 is 0 Å². The number of halogens is 1. The molecule has 1 saturated heterocycles. The summed E-state index contributed by atoms with van der Waals surface area (Å²) >= 11 is 0. The van der Waals surface area contributed by atoms with Crippen LogP contribution in [0.5, 0.6) is 0 Å². The number of hydrogen-bond acceptors (Lipinski definition) is 2. The molecular weight excluding hydrogens is 291 g/mol. The standard InChI is InChI=1S/C19H29FN2O/c1-19(2,3)15-18(23)22-13-11-21(12-14-22)10-4-5-16-6-8-17(20)9-7-16/h6-9H,4-5,10-15H2,1-3H3. The van der Waals surface area contributed by atoms with E-state index in [4.69, 9.17) is 0 Å². The van der Waals surface area contributed by atoms with Gasteiger partial charge in [-0.05, 0) is 42.5 Å². The second-order valence-corrected chi connectivity index (χ2v) is 7.69. The van der Waals surface area contributed by atoms with E-state index < -0.39 is 0 Å². The highest BCUT2D eigenvalue weighted by molar-refractivity contribution is 5.76. The summed E-state index contributed by atoms with van der Waals surface area (Å²) in [4.78, 5) is 16.6. The van der Waals surface area contributed by atoms with E-state index in [0.29, 0.717) is 6.42 Å². The summed E-state index contributed by atoms with van der Waals surface area (Å²) in [5, 5.41) is 0. The molecule has 0 aliphatic carbocycles. The minimum absolute atomic E-state index is 0.0589. The Morgan fingerprint density at radius 2 is 1.70 bits per heavy atom. The Labute approximate surface area is 139 Å². The van der Waals surface area contributed by atoms with Crippen LogP contribution in [0.4, 0.5) is 4.39 Å². The van der Waals surface area contributed by atoms with Crippen molar-refractivity contribution in [1.82, 2.24) is 9.80 Å².